The Morgan fingerprint density at radius 2 is 1.80 bits per heavy atom. The highest BCUT2D eigenvalue weighted by Crippen LogP contribution is 2.68. The van der Waals surface area contributed by atoms with Gasteiger partial charge in [-0.1, -0.05) is 56.3 Å². The Labute approximate surface area is 312 Å². The molecule has 4 aliphatic rings. The van der Waals surface area contributed by atoms with E-state index in [9.17, 15) is 20.0 Å². The van der Waals surface area contributed by atoms with E-state index in [0.29, 0.717) is 37.0 Å². The summed E-state index contributed by atoms with van der Waals surface area (Å²) in [6.07, 6.45) is 2.03. The van der Waals surface area contributed by atoms with E-state index >= 15 is 0 Å². The maximum Gasteiger partial charge on any atom is 0.345 e. The van der Waals surface area contributed by atoms with Crippen molar-refractivity contribution in [3.8, 4) is 23.1 Å². The summed E-state index contributed by atoms with van der Waals surface area (Å²) in [4.78, 5) is 31.9. The van der Waals surface area contributed by atoms with Gasteiger partial charge in [0.15, 0.2) is 6.29 Å². The van der Waals surface area contributed by atoms with E-state index in [2.05, 4.69) is 43.1 Å². The normalized spacial score (nSPS) is 32.5. The second-order valence-electron chi connectivity index (χ2n) is 15.9. The fraction of sp³-hybridized carbons (Fsp3) is 0.364. The Morgan fingerprint density at radius 1 is 1.00 bits per heavy atom. The third-order valence-electron chi connectivity index (χ3n) is 12.9. The van der Waals surface area contributed by atoms with Crippen LogP contribution < -0.4 is 10.4 Å². The molecular formula is C44H40N2O8. The van der Waals surface area contributed by atoms with Gasteiger partial charge in [-0.05, 0) is 84.7 Å². The summed E-state index contributed by atoms with van der Waals surface area (Å²) in [6, 6.07) is 27.8. The average Bonchev–Trinajstić information content (AvgIpc) is 3.18. The van der Waals surface area contributed by atoms with Gasteiger partial charge >= 0.3 is 11.6 Å². The molecule has 2 saturated carbocycles. The molecule has 0 bridgehead atoms. The maximum atomic E-state index is 13.9. The van der Waals surface area contributed by atoms with Crippen molar-refractivity contribution in [1.29, 1.82) is 5.26 Å². The molecule has 3 fully saturated rings. The van der Waals surface area contributed by atoms with Crippen molar-refractivity contribution < 1.29 is 33.3 Å². The van der Waals surface area contributed by atoms with E-state index < -0.39 is 52.4 Å². The lowest BCUT2D eigenvalue weighted by molar-refractivity contribution is -0.329. The molecule has 9 rings (SSSR count). The fourth-order valence-electron chi connectivity index (χ4n) is 10.4. The van der Waals surface area contributed by atoms with E-state index in [1.54, 1.807) is 54.9 Å². The number of nitriles is 1. The number of fused-ring (bicyclic) bond motifs is 7. The molecule has 54 heavy (non-hydrogen) atoms. The van der Waals surface area contributed by atoms with Crippen molar-refractivity contribution in [2.24, 2.45) is 22.7 Å². The smallest absolute Gasteiger partial charge is 0.345 e. The first-order chi connectivity index (χ1) is 26.0. The van der Waals surface area contributed by atoms with E-state index in [4.69, 9.17) is 23.4 Å². The number of hydrogen-bond donors (Lipinski definition) is 1. The van der Waals surface area contributed by atoms with Crippen LogP contribution >= 0.6 is 0 Å². The number of carbonyl (C=O) groups excluding carboxylic acids is 1. The summed E-state index contributed by atoms with van der Waals surface area (Å²) >= 11 is 0. The fourth-order valence-corrected chi connectivity index (χ4v) is 10.4. The summed E-state index contributed by atoms with van der Waals surface area (Å²) in [6.45, 7) is 6.56. The van der Waals surface area contributed by atoms with Crippen LogP contribution in [0, 0.1) is 34.0 Å². The van der Waals surface area contributed by atoms with Crippen LogP contribution in [0.4, 0.5) is 0 Å². The highest BCUT2D eigenvalue weighted by molar-refractivity contribution is 5.89. The molecule has 1 saturated heterocycles. The first-order valence-electron chi connectivity index (χ1n) is 18.4. The Bertz CT molecular complexity index is 2370. The largest absolute Gasteiger partial charge is 0.482 e. The van der Waals surface area contributed by atoms with Crippen LogP contribution in [0.15, 0.2) is 107 Å². The summed E-state index contributed by atoms with van der Waals surface area (Å²) in [7, 11) is 0. The molecule has 274 valence electrons. The van der Waals surface area contributed by atoms with E-state index in [1.165, 1.54) is 0 Å². The number of esters is 1. The van der Waals surface area contributed by atoms with E-state index in [1.807, 2.05) is 31.2 Å². The minimum absolute atomic E-state index is 0.0450. The summed E-state index contributed by atoms with van der Waals surface area (Å²) in [5.41, 5.74) is -0.814. The molecule has 4 heterocycles. The number of aromatic nitrogens is 1. The van der Waals surface area contributed by atoms with Crippen molar-refractivity contribution >= 4 is 16.7 Å². The monoisotopic (exact) mass is 724 g/mol. The maximum absolute atomic E-state index is 13.9. The highest BCUT2D eigenvalue weighted by Gasteiger charge is 2.71. The van der Waals surface area contributed by atoms with Crippen LogP contribution in [0.25, 0.3) is 22.1 Å². The first kappa shape index (κ1) is 34.4. The zero-order valence-corrected chi connectivity index (χ0v) is 30.2. The van der Waals surface area contributed by atoms with Crippen LogP contribution in [-0.4, -0.2) is 40.5 Å². The molecular weight excluding hydrogens is 684 g/mol. The molecule has 10 heteroatoms. The number of benzene rings is 3. The second-order valence-corrected chi connectivity index (χ2v) is 15.9. The highest BCUT2D eigenvalue weighted by atomic mass is 16.7. The van der Waals surface area contributed by atoms with Crippen LogP contribution in [0.3, 0.4) is 0 Å². The number of carbonyl (C=O) groups is 1. The lowest BCUT2D eigenvalue weighted by Gasteiger charge is -2.67. The molecule has 2 aliphatic heterocycles. The molecule has 10 nitrogen and oxygen atoms in total. The molecule has 5 aromatic rings. The van der Waals surface area contributed by atoms with Crippen molar-refractivity contribution in [2.45, 2.75) is 70.2 Å². The van der Waals surface area contributed by atoms with Crippen molar-refractivity contribution in [2.75, 3.05) is 6.61 Å². The van der Waals surface area contributed by atoms with Gasteiger partial charge in [-0.2, -0.15) is 5.26 Å². The molecule has 9 atom stereocenters. The van der Waals surface area contributed by atoms with Gasteiger partial charge in [0.05, 0.1) is 36.0 Å². The van der Waals surface area contributed by atoms with Crippen LogP contribution in [-0.2, 0) is 14.2 Å². The van der Waals surface area contributed by atoms with E-state index in [0.717, 1.165) is 16.3 Å². The SMILES string of the molecule is CC12CO[C@@H](c3cccc4ccccc34)O[C@H]1CC[C@@]1(C)C2C[C@H](OC(=O)c2ccc(C#N)cc2)[C@@]2(C)Oc3cc(-c4cccnc4)oc(=O)c3[C@H](O)C12. The Balaban J connectivity index is 1.12. The quantitative estimate of drug-likeness (QED) is 0.183. The van der Waals surface area contributed by atoms with Gasteiger partial charge in [0.2, 0.25) is 0 Å². The Morgan fingerprint density at radius 3 is 2.57 bits per heavy atom. The number of hydrogen-bond acceptors (Lipinski definition) is 10. The Kier molecular flexibility index (Phi) is 8.05. The number of ether oxygens (including phenoxy) is 4. The average molecular weight is 725 g/mol. The number of rotatable bonds is 4. The van der Waals surface area contributed by atoms with Gasteiger partial charge < -0.3 is 28.5 Å². The number of aliphatic hydroxyl groups is 1. The third-order valence-corrected chi connectivity index (χ3v) is 12.9. The van der Waals surface area contributed by atoms with Crippen molar-refractivity contribution in [3.05, 3.63) is 130 Å². The van der Waals surface area contributed by atoms with Gasteiger partial charge in [0.1, 0.15) is 28.8 Å². The molecule has 2 aromatic heterocycles. The summed E-state index contributed by atoms with van der Waals surface area (Å²) < 4.78 is 32.7. The molecule has 0 amide bonds. The van der Waals surface area contributed by atoms with Gasteiger partial charge in [-0.15, -0.1) is 0 Å². The Hall–Kier alpha value is -5.34. The zero-order chi connectivity index (χ0) is 37.4. The van der Waals surface area contributed by atoms with Crippen molar-refractivity contribution in [3.63, 3.8) is 0 Å². The molecule has 0 spiro atoms. The lowest BCUT2D eigenvalue weighted by atomic mass is 9.42. The van der Waals surface area contributed by atoms with E-state index in [-0.39, 0.29) is 34.7 Å². The zero-order valence-electron chi connectivity index (χ0n) is 30.2. The predicted octanol–water partition coefficient (Wildman–Crippen LogP) is 7.69. The van der Waals surface area contributed by atoms with Gasteiger partial charge in [0, 0.05) is 40.9 Å². The van der Waals surface area contributed by atoms with Crippen LogP contribution in [0.1, 0.15) is 79.5 Å². The molecule has 1 N–H and O–H groups in total. The summed E-state index contributed by atoms with van der Waals surface area (Å²) in [5.74, 6) is -1.02. The number of pyridine rings is 1. The van der Waals surface area contributed by atoms with Crippen LogP contribution in [0.5, 0.6) is 5.75 Å². The van der Waals surface area contributed by atoms with Gasteiger partial charge in [-0.25, -0.2) is 9.59 Å². The molecule has 3 aromatic carbocycles. The first-order valence-corrected chi connectivity index (χ1v) is 18.4. The third kappa shape index (κ3) is 5.21. The standard InChI is InChI=1S/C44H40N2O8/c1-42-18-17-34-43(2,24-50-41(53-34)30-12-6-9-26-8-4-5-11-29(26)30)33(42)21-35(52-39(48)27-15-13-25(22-45)14-16-27)44(3)38(42)37(47)36-32(54-44)20-31(51-40(36)49)28-10-7-19-46-23-28/h4-16,19-20,23,33-35,37-38,41,47H,17-18,21,24H2,1-3H3/t33?,34-,35-,37-,38?,41+,42-,43?,44+/m0/s1. The summed E-state index contributed by atoms with van der Waals surface area (Å²) in [5, 5.41) is 24.0. The van der Waals surface area contributed by atoms with Gasteiger partial charge in [0.25, 0.3) is 0 Å². The number of aliphatic hydroxyl groups excluding tert-OH is 1. The molecule has 0 radical (unpaired) electrons. The van der Waals surface area contributed by atoms with Crippen molar-refractivity contribution in [1.82, 2.24) is 4.98 Å². The van der Waals surface area contributed by atoms with Crippen LogP contribution in [0.2, 0.25) is 0 Å². The minimum atomic E-state index is -1.30. The molecule has 3 unspecified atom stereocenters. The minimum Gasteiger partial charge on any atom is -0.482 e. The topological polar surface area (TPSA) is 141 Å². The lowest BCUT2D eigenvalue weighted by Crippen LogP contribution is -2.71. The predicted molar refractivity (Wildman–Crippen MR) is 197 cm³/mol. The molecule has 2 aliphatic carbocycles. The second kappa shape index (κ2) is 12.6. The number of nitrogens with zero attached hydrogens (tertiary/aromatic N) is 2. The van der Waals surface area contributed by atoms with Gasteiger partial charge in [-0.3, -0.25) is 4.98 Å².